The lowest BCUT2D eigenvalue weighted by Gasteiger charge is -2.23. The Hall–Kier alpha value is -3.69. The van der Waals surface area contributed by atoms with Gasteiger partial charge < -0.3 is 10.6 Å². The van der Waals surface area contributed by atoms with Crippen LogP contribution in [0.1, 0.15) is 23.7 Å². The van der Waals surface area contributed by atoms with Crippen LogP contribution in [0.5, 0.6) is 0 Å². The number of nitrogens with one attached hydrogen (secondary N) is 3. The average Bonchev–Trinajstić information content (AvgIpc) is 2.79. The summed E-state index contributed by atoms with van der Waals surface area (Å²) >= 11 is 12.2. The topological polar surface area (TPSA) is 90.5 Å². The molecule has 0 fully saturated rings. The Kier molecular flexibility index (Phi) is 8.62. The summed E-state index contributed by atoms with van der Waals surface area (Å²) in [6.45, 7) is 2.38. The van der Waals surface area contributed by atoms with Crippen molar-refractivity contribution in [2.45, 2.75) is 13.3 Å². The number of rotatable bonds is 6. The molecule has 0 aromatic heterocycles. The van der Waals surface area contributed by atoms with E-state index in [1.807, 2.05) is 12.2 Å². The number of anilines is 3. The van der Waals surface area contributed by atoms with E-state index in [0.29, 0.717) is 23.7 Å². The lowest BCUT2D eigenvalue weighted by molar-refractivity contribution is 0.0959. The Bertz CT molecular complexity index is 1240. The third-order valence-corrected chi connectivity index (χ3v) is 5.28. The molecule has 0 saturated carbocycles. The van der Waals surface area contributed by atoms with Crippen LogP contribution in [0.3, 0.4) is 0 Å². The van der Waals surface area contributed by atoms with E-state index in [9.17, 15) is 23.2 Å². The van der Waals surface area contributed by atoms with Gasteiger partial charge in [0.2, 0.25) is 0 Å². The van der Waals surface area contributed by atoms with Crippen LogP contribution < -0.4 is 20.9 Å². The van der Waals surface area contributed by atoms with E-state index in [1.54, 1.807) is 24.3 Å². The van der Waals surface area contributed by atoms with Gasteiger partial charge in [-0.3, -0.25) is 15.0 Å². The second kappa shape index (κ2) is 11.6. The van der Waals surface area contributed by atoms with Gasteiger partial charge in [-0.2, -0.15) is 0 Å². The third kappa shape index (κ3) is 6.68. The number of nitrogens with zero attached hydrogens (tertiary/aromatic N) is 1. The minimum atomic E-state index is -1.24. The predicted octanol–water partition coefficient (Wildman–Crippen LogP) is 6.68. The quantitative estimate of drug-likeness (QED) is 0.338. The first-order valence-electron chi connectivity index (χ1n) is 10.4. The van der Waals surface area contributed by atoms with Crippen LogP contribution in [0.4, 0.5) is 35.4 Å². The van der Waals surface area contributed by atoms with Crippen LogP contribution in [0.15, 0.2) is 60.7 Å². The summed E-state index contributed by atoms with van der Waals surface area (Å²) in [5, 5.41) is 7.55. The third-order valence-electron chi connectivity index (χ3n) is 4.72. The fourth-order valence-corrected chi connectivity index (χ4v) is 3.47. The fraction of sp³-hybridized carbons (Fsp3) is 0.125. The van der Waals surface area contributed by atoms with Crippen molar-refractivity contribution in [3.8, 4) is 0 Å². The molecule has 0 heterocycles. The van der Waals surface area contributed by atoms with Crippen molar-refractivity contribution in [3.05, 3.63) is 87.9 Å². The fourth-order valence-electron chi connectivity index (χ4n) is 3.11. The molecule has 182 valence electrons. The average molecular weight is 521 g/mol. The minimum Gasteiger partial charge on any atom is -0.308 e. The number of urea groups is 2. The Morgan fingerprint density at radius 3 is 2.17 bits per heavy atom. The molecular formula is C24H20Cl2F2N4O3. The summed E-state index contributed by atoms with van der Waals surface area (Å²) in [6.07, 6.45) is 0.706. The molecular weight excluding hydrogens is 501 g/mol. The zero-order valence-corrected chi connectivity index (χ0v) is 19.9. The van der Waals surface area contributed by atoms with Crippen molar-refractivity contribution >= 4 is 58.2 Å². The van der Waals surface area contributed by atoms with Crippen LogP contribution in [0.25, 0.3) is 0 Å². The molecule has 0 aliphatic carbocycles. The molecule has 11 heteroatoms. The van der Waals surface area contributed by atoms with E-state index in [-0.39, 0.29) is 16.4 Å². The maximum Gasteiger partial charge on any atom is 0.326 e. The molecule has 0 spiro atoms. The highest BCUT2D eigenvalue weighted by molar-refractivity contribution is 6.34. The van der Waals surface area contributed by atoms with Gasteiger partial charge >= 0.3 is 12.1 Å². The summed E-state index contributed by atoms with van der Waals surface area (Å²) in [7, 11) is 0. The lowest BCUT2D eigenvalue weighted by atomic mass is 10.2. The van der Waals surface area contributed by atoms with Crippen LogP contribution in [0, 0.1) is 11.6 Å². The summed E-state index contributed by atoms with van der Waals surface area (Å²) in [5.74, 6) is -3.45. The van der Waals surface area contributed by atoms with E-state index in [0.717, 1.165) is 18.2 Å². The zero-order valence-electron chi connectivity index (χ0n) is 18.4. The first-order chi connectivity index (χ1) is 16.7. The number of hydrogen-bond donors (Lipinski definition) is 3. The molecule has 0 atom stereocenters. The van der Waals surface area contributed by atoms with Gasteiger partial charge in [-0.1, -0.05) is 36.2 Å². The first kappa shape index (κ1) is 25.9. The molecule has 0 radical (unpaired) electrons. The van der Waals surface area contributed by atoms with Gasteiger partial charge in [0, 0.05) is 22.9 Å². The largest absolute Gasteiger partial charge is 0.326 e. The number of carbonyl (C=O) groups excluding carboxylic acids is 3. The first-order valence-corrected chi connectivity index (χ1v) is 11.1. The van der Waals surface area contributed by atoms with E-state index in [2.05, 4.69) is 10.6 Å². The zero-order chi connectivity index (χ0) is 25.5. The van der Waals surface area contributed by atoms with E-state index >= 15 is 0 Å². The van der Waals surface area contributed by atoms with E-state index in [1.165, 1.54) is 23.1 Å². The Labute approximate surface area is 210 Å². The highest BCUT2D eigenvalue weighted by Gasteiger charge is 2.20. The maximum absolute atomic E-state index is 13.7. The van der Waals surface area contributed by atoms with Crippen LogP contribution >= 0.6 is 23.2 Å². The predicted molar refractivity (Wildman–Crippen MR) is 132 cm³/mol. The molecule has 5 amide bonds. The van der Waals surface area contributed by atoms with E-state index in [4.69, 9.17) is 23.2 Å². The Morgan fingerprint density at radius 2 is 1.57 bits per heavy atom. The molecule has 0 aliphatic heterocycles. The van der Waals surface area contributed by atoms with Gasteiger partial charge in [0.1, 0.15) is 17.2 Å². The maximum atomic E-state index is 13.7. The van der Waals surface area contributed by atoms with Gasteiger partial charge in [-0.25, -0.2) is 18.4 Å². The Morgan fingerprint density at radius 1 is 0.914 bits per heavy atom. The molecule has 3 aromatic rings. The van der Waals surface area contributed by atoms with Gasteiger partial charge in [-0.15, -0.1) is 0 Å². The summed E-state index contributed by atoms with van der Waals surface area (Å²) in [6, 6.07) is 12.5. The molecule has 3 N–H and O–H groups in total. The normalized spacial score (nSPS) is 10.4. The molecule has 3 rings (SSSR count). The standard InChI is InChI=1S/C24H20Cl2F2N4O3/c1-2-12-32(16-9-6-14(25)7-10-16)24(35)30-20-11-8-15(13-17(20)26)29-23(34)31-22(33)21-18(27)4-3-5-19(21)28/h3-11,13H,2,12H2,1H3,(H,30,35)(H2,29,31,33,34). The van der Waals surface area contributed by atoms with Gasteiger partial charge in [0.15, 0.2) is 0 Å². The van der Waals surface area contributed by atoms with Crippen molar-refractivity contribution < 1.29 is 23.2 Å². The SMILES string of the molecule is CCCN(C(=O)Nc1ccc(NC(=O)NC(=O)c2c(F)cccc2F)cc1Cl)c1ccc(Cl)cc1. The number of hydrogen-bond acceptors (Lipinski definition) is 3. The molecule has 7 nitrogen and oxygen atoms in total. The summed E-state index contributed by atoms with van der Waals surface area (Å²) < 4.78 is 27.4. The molecule has 0 aliphatic rings. The number of amides is 5. The summed E-state index contributed by atoms with van der Waals surface area (Å²) in [4.78, 5) is 38.5. The van der Waals surface area contributed by atoms with Crippen LogP contribution in [-0.2, 0) is 0 Å². The van der Waals surface area contributed by atoms with Gasteiger partial charge in [0.05, 0.1) is 10.7 Å². The highest BCUT2D eigenvalue weighted by atomic mass is 35.5. The van der Waals surface area contributed by atoms with Gasteiger partial charge in [-0.05, 0) is 61.0 Å². The number of halogens is 4. The number of benzene rings is 3. The van der Waals surface area contributed by atoms with Crippen molar-refractivity contribution in [1.29, 1.82) is 0 Å². The minimum absolute atomic E-state index is 0.107. The molecule has 0 unspecified atom stereocenters. The number of carbonyl (C=O) groups is 3. The van der Waals surface area contributed by atoms with Crippen LogP contribution in [0.2, 0.25) is 10.0 Å². The van der Waals surface area contributed by atoms with Crippen molar-refractivity contribution in [1.82, 2.24) is 5.32 Å². The van der Waals surface area contributed by atoms with Crippen molar-refractivity contribution in [2.24, 2.45) is 0 Å². The van der Waals surface area contributed by atoms with Crippen LogP contribution in [-0.4, -0.2) is 24.5 Å². The van der Waals surface area contributed by atoms with Crippen molar-refractivity contribution in [3.63, 3.8) is 0 Å². The molecule has 35 heavy (non-hydrogen) atoms. The van der Waals surface area contributed by atoms with Crippen molar-refractivity contribution in [2.75, 3.05) is 22.1 Å². The smallest absolute Gasteiger partial charge is 0.308 e. The highest BCUT2D eigenvalue weighted by Crippen LogP contribution is 2.27. The number of imide groups is 1. The van der Waals surface area contributed by atoms with Gasteiger partial charge in [0.25, 0.3) is 5.91 Å². The lowest BCUT2D eigenvalue weighted by Crippen LogP contribution is -2.36. The molecule has 3 aromatic carbocycles. The monoisotopic (exact) mass is 520 g/mol. The Balaban J connectivity index is 1.66. The second-order valence-electron chi connectivity index (χ2n) is 7.26. The molecule has 0 saturated heterocycles. The second-order valence-corrected chi connectivity index (χ2v) is 8.10. The van der Waals surface area contributed by atoms with E-state index < -0.39 is 35.2 Å². The summed E-state index contributed by atoms with van der Waals surface area (Å²) in [5.41, 5.74) is 0.226. The molecule has 0 bridgehead atoms.